The molecule has 10 heteroatoms. The normalized spacial score (nSPS) is 10.8. The molecule has 0 atom stereocenters. The fourth-order valence-corrected chi connectivity index (χ4v) is 2.73. The lowest BCUT2D eigenvalue weighted by molar-refractivity contribution is 0.0791. The molecule has 0 saturated carbocycles. The van der Waals surface area contributed by atoms with E-state index in [0.29, 0.717) is 12.3 Å². The van der Waals surface area contributed by atoms with Gasteiger partial charge < -0.3 is 10.2 Å². The minimum Gasteiger partial charge on any atom is -0.341 e. The summed E-state index contributed by atoms with van der Waals surface area (Å²) in [5, 5.41) is 12.6. The molecule has 0 saturated heterocycles. The summed E-state index contributed by atoms with van der Waals surface area (Å²) in [6, 6.07) is 11.4. The molecule has 3 aromatic heterocycles. The second kappa shape index (κ2) is 7.50. The van der Waals surface area contributed by atoms with Gasteiger partial charge in [0.15, 0.2) is 11.4 Å². The van der Waals surface area contributed by atoms with Crippen LogP contribution in [0.25, 0.3) is 17.0 Å². The van der Waals surface area contributed by atoms with Crippen LogP contribution >= 0.6 is 0 Å². The van der Waals surface area contributed by atoms with E-state index in [-0.39, 0.29) is 17.2 Å². The van der Waals surface area contributed by atoms with Gasteiger partial charge >= 0.3 is 0 Å². The third kappa shape index (κ3) is 3.55. The molecule has 0 aliphatic rings. The molecule has 0 bridgehead atoms. The van der Waals surface area contributed by atoms with Crippen molar-refractivity contribution in [1.29, 1.82) is 0 Å². The van der Waals surface area contributed by atoms with Crippen molar-refractivity contribution in [1.82, 2.24) is 34.7 Å². The van der Waals surface area contributed by atoms with Crippen molar-refractivity contribution in [2.75, 3.05) is 18.9 Å². The summed E-state index contributed by atoms with van der Waals surface area (Å²) in [6.45, 7) is 2.31. The maximum absolute atomic E-state index is 12.6. The van der Waals surface area contributed by atoms with Gasteiger partial charge in [0.05, 0.1) is 5.69 Å². The van der Waals surface area contributed by atoms with Crippen molar-refractivity contribution < 1.29 is 9.59 Å². The first kappa shape index (κ1) is 18.3. The number of H-pyrrole nitrogens is 1. The zero-order chi connectivity index (χ0) is 20.4. The van der Waals surface area contributed by atoms with Gasteiger partial charge in [-0.25, -0.2) is 4.98 Å². The van der Waals surface area contributed by atoms with E-state index in [1.165, 1.54) is 4.90 Å². The number of anilines is 1. The van der Waals surface area contributed by atoms with E-state index in [4.69, 9.17) is 0 Å². The van der Waals surface area contributed by atoms with E-state index in [1.807, 2.05) is 43.5 Å². The molecule has 1 aromatic carbocycles. The van der Waals surface area contributed by atoms with Gasteiger partial charge in [-0.3, -0.25) is 14.0 Å². The topological polar surface area (TPSA) is 121 Å². The Labute approximate surface area is 165 Å². The Bertz CT molecular complexity index is 1180. The summed E-state index contributed by atoms with van der Waals surface area (Å²) in [5.41, 5.74) is 1.60. The number of rotatable bonds is 5. The number of hydrogen-bond acceptors (Lipinski definition) is 6. The molecule has 0 radical (unpaired) electrons. The summed E-state index contributed by atoms with van der Waals surface area (Å²) in [7, 11) is 1.62. The third-order valence-corrected chi connectivity index (χ3v) is 4.42. The Kier molecular flexibility index (Phi) is 4.73. The molecule has 0 aliphatic carbocycles. The highest BCUT2D eigenvalue weighted by Gasteiger charge is 2.24. The van der Waals surface area contributed by atoms with Crippen molar-refractivity contribution in [3.63, 3.8) is 0 Å². The molecule has 29 heavy (non-hydrogen) atoms. The van der Waals surface area contributed by atoms with Crippen LogP contribution in [0.2, 0.25) is 0 Å². The number of hydrogen-bond donors (Lipinski definition) is 2. The zero-order valence-electron chi connectivity index (χ0n) is 15.8. The minimum atomic E-state index is -0.585. The molecule has 2 N–H and O–H groups in total. The highest BCUT2D eigenvalue weighted by molar-refractivity contribution is 6.09. The lowest BCUT2D eigenvalue weighted by Crippen LogP contribution is -2.29. The number of imidazole rings is 1. The summed E-state index contributed by atoms with van der Waals surface area (Å²) < 4.78 is 1.76. The van der Waals surface area contributed by atoms with Gasteiger partial charge in [-0.15, -0.1) is 10.2 Å². The van der Waals surface area contributed by atoms with E-state index in [1.54, 1.807) is 23.7 Å². The first-order valence-corrected chi connectivity index (χ1v) is 8.95. The number of aromatic amines is 1. The molecule has 0 unspecified atom stereocenters. The lowest BCUT2D eigenvalue weighted by atomic mass is 10.2. The molecule has 2 amide bonds. The van der Waals surface area contributed by atoms with Crippen LogP contribution in [0.1, 0.15) is 27.9 Å². The predicted octanol–water partition coefficient (Wildman–Crippen LogP) is 1.86. The van der Waals surface area contributed by atoms with Crippen LogP contribution in [-0.2, 0) is 0 Å². The summed E-state index contributed by atoms with van der Waals surface area (Å²) >= 11 is 0. The Balaban J connectivity index is 1.58. The molecule has 0 aliphatic heterocycles. The average molecular weight is 390 g/mol. The summed E-state index contributed by atoms with van der Waals surface area (Å²) in [5.74, 6) is -0.254. The second-order valence-corrected chi connectivity index (χ2v) is 6.31. The molecule has 3 heterocycles. The highest BCUT2D eigenvalue weighted by atomic mass is 16.2. The highest BCUT2D eigenvalue weighted by Crippen LogP contribution is 2.19. The first-order chi connectivity index (χ1) is 14.1. The van der Waals surface area contributed by atoms with Gasteiger partial charge in [0.2, 0.25) is 5.78 Å². The van der Waals surface area contributed by atoms with Crippen LogP contribution in [0.5, 0.6) is 0 Å². The fourth-order valence-electron chi connectivity index (χ4n) is 2.73. The molecule has 0 fully saturated rings. The number of nitrogens with zero attached hydrogens (tertiary/aromatic N) is 6. The number of nitrogens with one attached hydrogen (secondary N) is 2. The summed E-state index contributed by atoms with van der Waals surface area (Å²) in [6.07, 6.45) is 3.61. The van der Waals surface area contributed by atoms with E-state index in [9.17, 15) is 9.59 Å². The van der Waals surface area contributed by atoms with Crippen molar-refractivity contribution in [2.24, 2.45) is 0 Å². The molecule has 146 valence electrons. The number of carbonyl (C=O) groups excluding carboxylic acids is 2. The number of benzene rings is 1. The van der Waals surface area contributed by atoms with Crippen molar-refractivity contribution in [2.45, 2.75) is 6.92 Å². The van der Waals surface area contributed by atoms with Crippen LogP contribution in [-0.4, -0.2) is 60.1 Å². The summed E-state index contributed by atoms with van der Waals surface area (Å²) in [4.78, 5) is 35.2. The van der Waals surface area contributed by atoms with Gasteiger partial charge in [-0.05, 0) is 13.0 Å². The van der Waals surface area contributed by atoms with Gasteiger partial charge in [-0.2, -0.15) is 10.2 Å². The van der Waals surface area contributed by atoms with Gasteiger partial charge in [0.25, 0.3) is 11.8 Å². The number of carbonyl (C=O) groups is 2. The van der Waals surface area contributed by atoms with Gasteiger partial charge in [0.1, 0.15) is 5.82 Å². The van der Waals surface area contributed by atoms with E-state index in [2.05, 4.69) is 30.7 Å². The Hall–Kier alpha value is -4.08. The molecule has 4 rings (SSSR count). The van der Waals surface area contributed by atoms with Crippen LogP contribution < -0.4 is 5.32 Å². The molecule has 4 aromatic rings. The van der Waals surface area contributed by atoms with Crippen LogP contribution in [0.15, 0.2) is 48.8 Å². The van der Waals surface area contributed by atoms with Gasteiger partial charge in [-0.1, -0.05) is 30.3 Å². The Morgan fingerprint density at radius 2 is 1.86 bits per heavy atom. The SMILES string of the molecule is CCN(C)C(=O)c1n[nH]nc1C(=O)Nc1ccn2cc(-c3ccccc3)nc2n1. The number of amides is 2. The maximum Gasteiger partial charge on any atom is 0.279 e. The predicted molar refractivity (Wildman–Crippen MR) is 105 cm³/mol. The molecular weight excluding hydrogens is 372 g/mol. The first-order valence-electron chi connectivity index (χ1n) is 8.95. The Morgan fingerprint density at radius 3 is 2.62 bits per heavy atom. The third-order valence-electron chi connectivity index (χ3n) is 4.42. The Morgan fingerprint density at radius 1 is 1.10 bits per heavy atom. The zero-order valence-corrected chi connectivity index (χ0v) is 15.8. The van der Waals surface area contributed by atoms with Crippen LogP contribution in [0.4, 0.5) is 5.82 Å². The van der Waals surface area contributed by atoms with Crippen molar-refractivity contribution >= 4 is 23.4 Å². The minimum absolute atomic E-state index is 0.0416. The number of fused-ring (bicyclic) bond motifs is 1. The molecular formula is C19H18N8O2. The number of aromatic nitrogens is 6. The van der Waals surface area contributed by atoms with E-state index >= 15 is 0 Å². The van der Waals surface area contributed by atoms with E-state index < -0.39 is 11.8 Å². The second-order valence-electron chi connectivity index (χ2n) is 6.31. The van der Waals surface area contributed by atoms with E-state index in [0.717, 1.165) is 11.3 Å². The van der Waals surface area contributed by atoms with Crippen LogP contribution in [0, 0.1) is 0 Å². The van der Waals surface area contributed by atoms with Crippen LogP contribution in [0.3, 0.4) is 0 Å². The smallest absolute Gasteiger partial charge is 0.279 e. The monoisotopic (exact) mass is 390 g/mol. The molecule has 10 nitrogen and oxygen atoms in total. The maximum atomic E-state index is 12.6. The van der Waals surface area contributed by atoms with Gasteiger partial charge in [0, 0.05) is 31.5 Å². The average Bonchev–Trinajstić information content (AvgIpc) is 3.40. The van der Waals surface area contributed by atoms with Crippen molar-refractivity contribution in [3.05, 3.63) is 60.2 Å². The fraction of sp³-hybridized carbons (Fsp3) is 0.158. The lowest BCUT2D eigenvalue weighted by Gasteiger charge is -2.12. The molecule has 0 spiro atoms. The van der Waals surface area contributed by atoms with Crippen molar-refractivity contribution in [3.8, 4) is 11.3 Å². The largest absolute Gasteiger partial charge is 0.341 e. The standard InChI is InChI=1S/C19H18N8O2/c1-3-26(2)18(29)16-15(23-25-24-16)17(28)21-14-9-10-27-11-13(20-19(27)22-14)12-7-5-4-6-8-12/h4-11H,3H2,1-2H3,(H,23,24,25)(H,20,21,22,28). The quantitative estimate of drug-likeness (QED) is 0.536.